The smallest absolute Gasteiger partial charge is 0.251 e. The molecule has 3 aromatic rings. The minimum Gasteiger partial charge on any atom is -0.359 e. The van der Waals surface area contributed by atoms with Crippen LogP contribution in [0.2, 0.25) is 0 Å². The second-order valence-corrected chi connectivity index (χ2v) is 5.74. The molecule has 2 aromatic carbocycles. The van der Waals surface area contributed by atoms with E-state index in [2.05, 4.69) is 15.5 Å². The molecule has 6 nitrogen and oxygen atoms in total. The summed E-state index contributed by atoms with van der Waals surface area (Å²) in [5.74, 6) is -0.312. The third-order valence-corrected chi connectivity index (χ3v) is 4.06. The van der Waals surface area contributed by atoms with Crippen molar-refractivity contribution in [3.05, 3.63) is 66.4 Å². The Bertz CT molecular complexity index is 931. The van der Waals surface area contributed by atoms with Gasteiger partial charge < -0.3 is 10.2 Å². The molecule has 2 N–H and O–H groups in total. The molecule has 2 amide bonds. The summed E-state index contributed by atoms with van der Waals surface area (Å²) in [5, 5.41) is 10.7. The molecule has 0 atom stereocenters. The van der Waals surface area contributed by atoms with Gasteiger partial charge in [0, 0.05) is 37.2 Å². The summed E-state index contributed by atoms with van der Waals surface area (Å²) in [7, 11) is 1.58. The molecule has 3 rings (SSSR count). The maximum absolute atomic E-state index is 12.7. The number of hydrogen-bond donors (Lipinski definition) is 2. The van der Waals surface area contributed by atoms with Gasteiger partial charge in [-0.3, -0.25) is 14.7 Å². The van der Waals surface area contributed by atoms with Gasteiger partial charge in [0.1, 0.15) is 0 Å². The minimum atomic E-state index is -0.202. The molecule has 0 aliphatic heterocycles. The Balaban J connectivity index is 1.81. The van der Waals surface area contributed by atoms with Gasteiger partial charge in [0.05, 0.1) is 11.2 Å². The van der Waals surface area contributed by atoms with Gasteiger partial charge in [-0.2, -0.15) is 5.10 Å². The highest BCUT2D eigenvalue weighted by molar-refractivity contribution is 6.05. The zero-order valence-corrected chi connectivity index (χ0v) is 14.5. The van der Waals surface area contributed by atoms with Gasteiger partial charge >= 0.3 is 0 Å². The number of para-hydroxylation sites is 2. The predicted molar refractivity (Wildman–Crippen MR) is 103 cm³/mol. The number of aromatic nitrogens is 2. The first-order chi connectivity index (χ1) is 12.7. The number of aromatic amines is 1. The van der Waals surface area contributed by atoms with E-state index in [1.54, 1.807) is 18.0 Å². The van der Waals surface area contributed by atoms with Crippen LogP contribution in [0.5, 0.6) is 0 Å². The highest BCUT2D eigenvalue weighted by atomic mass is 16.2. The lowest BCUT2D eigenvalue weighted by molar-refractivity contribution is -0.120. The average Bonchev–Trinajstić information content (AvgIpc) is 3.10. The van der Waals surface area contributed by atoms with Crippen molar-refractivity contribution in [2.24, 2.45) is 0 Å². The summed E-state index contributed by atoms with van der Waals surface area (Å²) in [5.41, 5.74) is 2.37. The fraction of sp³-hybridized carbons (Fsp3) is 0.150. The normalized spacial score (nSPS) is 11.0. The molecule has 1 aromatic heterocycles. The van der Waals surface area contributed by atoms with Crippen molar-refractivity contribution in [2.45, 2.75) is 6.42 Å². The largest absolute Gasteiger partial charge is 0.359 e. The Morgan fingerprint density at radius 2 is 1.85 bits per heavy atom. The van der Waals surface area contributed by atoms with E-state index in [9.17, 15) is 9.59 Å². The number of carbonyl (C=O) groups is 2. The van der Waals surface area contributed by atoms with Crippen LogP contribution < -0.4 is 10.2 Å². The fourth-order valence-corrected chi connectivity index (χ4v) is 2.66. The monoisotopic (exact) mass is 348 g/mol. The van der Waals surface area contributed by atoms with Gasteiger partial charge in [-0.1, -0.05) is 36.4 Å². The lowest BCUT2D eigenvalue weighted by Gasteiger charge is -2.21. The SMILES string of the molecule is CNC(=O)CCN(C(=O)C=Cc1n[nH]c2ccccc12)c1ccccc1. The van der Waals surface area contributed by atoms with Gasteiger partial charge in [-0.05, 0) is 24.3 Å². The van der Waals surface area contributed by atoms with Crippen molar-refractivity contribution in [1.29, 1.82) is 0 Å². The number of hydrogen-bond acceptors (Lipinski definition) is 3. The van der Waals surface area contributed by atoms with Crippen LogP contribution in [0, 0.1) is 0 Å². The number of rotatable bonds is 6. The number of nitrogens with one attached hydrogen (secondary N) is 2. The molecular formula is C20H20N4O2. The summed E-state index contributed by atoms with van der Waals surface area (Å²) in [6, 6.07) is 17.0. The van der Waals surface area contributed by atoms with Gasteiger partial charge in [-0.25, -0.2) is 0 Å². The van der Waals surface area contributed by atoms with Crippen molar-refractivity contribution in [3.63, 3.8) is 0 Å². The Morgan fingerprint density at radius 1 is 1.12 bits per heavy atom. The molecule has 0 radical (unpaired) electrons. The quantitative estimate of drug-likeness (QED) is 0.673. The lowest BCUT2D eigenvalue weighted by Crippen LogP contribution is -2.33. The summed E-state index contributed by atoms with van der Waals surface area (Å²) < 4.78 is 0. The molecule has 0 unspecified atom stereocenters. The molecule has 26 heavy (non-hydrogen) atoms. The standard InChI is InChI=1S/C20H20N4O2/c1-21-19(25)13-14-24(15-7-3-2-4-8-15)20(26)12-11-18-16-9-5-6-10-17(16)22-23-18/h2-12H,13-14H2,1H3,(H,21,25)(H,22,23). The number of benzene rings is 2. The molecule has 0 fully saturated rings. The van der Waals surface area contributed by atoms with Crippen LogP contribution in [-0.4, -0.2) is 35.6 Å². The molecule has 0 saturated carbocycles. The van der Waals surface area contributed by atoms with Crippen molar-refractivity contribution in [3.8, 4) is 0 Å². The Hall–Kier alpha value is -3.41. The Labute approximate surface area is 151 Å². The zero-order valence-electron chi connectivity index (χ0n) is 14.5. The van der Waals surface area contributed by atoms with E-state index in [1.807, 2.05) is 54.6 Å². The third kappa shape index (κ3) is 3.97. The van der Waals surface area contributed by atoms with Gasteiger partial charge in [-0.15, -0.1) is 0 Å². The molecule has 1 heterocycles. The summed E-state index contributed by atoms with van der Waals surface area (Å²) in [6.07, 6.45) is 3.41. The van der Waals surface area contributed by atoms with Crippen LogP contribution in [0.4, 0.5) is 5.69 Å². The number of fused-ring (bicyclic) bond motifs is 1. The number of nitrogens with zero attached hydrogens (tertiary/aromatic N) is 2. The molecule has 0 saturated heterocycles. The van der Waals surface area contributed by atoms with E-state index < -0.39 is 0 Å². The summed E-state index contributed by atoms with van der Waals surface area (Å²) in [6.45, 7) is 0.300. The van der Waals surface area contributed by atoms with Crippen molar-refractivity contribution >= 4 is 34.5 Å². The van der Waals surface area contributed by atoms with E-state index in [4.69, 9.17) is 0 Å². The third-order valence-electron chi connectivity index (χ3n) is 4.06. The topological polar surface area (TPSA) is 78.1 Å². The van der Waals surface area contributed by atoms with Crippen LogP contribution in [0.1, 0.15) is 12.1 Å². The first-order valence-electron chi connectivity index (χ1n) is 8.37. The van der Waals surface area contributed by atoms with Crippen LogP contribution >= 0.6 is 0 Å². The highest BCUT2D eigenvalue weighted by Gasteiger charge is 2.14. The summed E-state index contributed by atoms with van der Waals surface area (Å²) >= 11 is 0. The molecule has 0 aliphatic rings. The zero-order chi connectivity index (χ0) is 18.4. The molecular weight excluding hydrogens is 328 g/mol. The number of carbonyl (C=O) groups excluding carboxylic acids is 2. The van der Waals surface area contributed by atoms with Gasteiger partial charge in [0.15, 0.2) is 0 Å². The van der Waals surface area contributed by atoms with Crippen LogP contribution in [0.25, 0.3) is 17.0 Å². The van der Waals surface area contributed by atoms with Crippen LogP contribution in [-0.2, 0) is 9.59 Å². The fourth-order valence-electron chi connectivity index (χ4n) is 2.66. The van der Waals surface area contributed by atoms with Crippen LogP contribution in [0.3, 0.4) is 0 Å². The molecule has 0 aliphatic carbocycles. The lowest BCUT2D eigenvalue weighted by atomic mass is 10.2. The van der Waals surface area contributed by atoms with Gasteiger partial charge in [0.2, 0.25) is 5.91 Å². The second kappa shape index (κ2) is 8.11. The Morgan fingerprint density at radius 3 is 2.62 bits per heavy atom. The number of H-pyrrole nitrogens is 1. The van der Waals surface area contributed by atoms with E-state index in [0.29, 0.717) is 12.2 Å². The second-order valence-electron chi connectivity index (χ2n) is 5.74. The first kappa shape index (κ1) is 17.4. The maximum atomic E-state index is 12.7. The van der Waals surface area contributed by atoms with E-state index in [0.717, 1.165) is 16.6 Å². The van der Waals surface area contributed by atoms with E-state index >= 15 is 0 Å². The van der Waals surface area contributed by atoms with E-state index in [-0.39, 0.29) is 18.2 Å². The van der Waals surface area contributed by atoms with Crippen molar-refractivity contribution in [2.75, 3.05) is 18.5 Å². The van der Waals surface area contributed by atoms with Crippen LogP contribution in [0.15, 0.2) is 60.7 Å². The van der Waals surface area contributed by atoms with Crippen molar-refractivity contribution in [1.82, 2.24) is 15.5 Å². The average molecular weight is 348 g/mol. The minimum absolute atomic E-state index is 0.110. The molecule has 132 valence electrons. The summed E-state index contributed by atoms with van der Waals surface area (Å²) in [4.78, 5) is 25.9. The first-order valence-corrected chi connectivity index (χ1v) is 8.37. The molecule has 0 spiro atoms. The van der Waals surface area contributed by atoms with E-state index in [1.165, 1.54) is 6.08 Å². The van der Waals surface area contributed by atoms with Gasteiger partial charge in [0.25, 0.3) is 5.91 Å². The molecule has 6 heteroatoms. The maximum Gasteiger partial charge on any atom is 0.251 e. The Kier molecular flexibility index (Phi) is 5.43. The number of amides is 2. The highest BCUT2D eigenvalue weighted by Crippen LogP contribution is 2.18. The predicted octanol–water partition coefficient (Wildman–Crippen LogP) is 2.75. The van der Waals surface area contributed by atoms with Crippen molar-refractivity contribution < 1.29 is 9.59 Å². The number of anilines is 1. The molecule has 0 bridgehead atoms.